The summed E-state index contributed by atoms with van der Waals surface area (Å²) < 4.78 is 0. The maximum Gasteiger partial charge on any atom is 0.164 e. The molecule has 0 saturated carbocycles. The molecule has 4 nitrogen and oxygen atoms in total. The summed E-state index contributed by atoms with van der Waals surface area (Å²) in [7, 11) is 0. The maximum atomic E-state index is 5.10. The number of pyridine rings is 1. The Hall–Kier alpha value is -6.52. The predicted octanol–water partition coefficient (Wildman–Crippen LogP) is 11.1. The molecule has 9 aromatic rings. The van der Waals surface area contributed by atoms with E-state index in [9.17, 15) is 0 Å². The molecule has 0 spiro atoms. The fraction of sp³-hybridized carbons (Fsp3) is 0. The van der Waals surface area contributed by atoms with Gasteiger partial charge in [-0.15, -0.1) is 0 Å². The molecule has 0 saturated heterocycles. The number of hydrogen-bond donors (Lipinski definition) is 0. The summed E-state index contributed by atoms with van der Waals surface area (Å²) >= 11 is 0. The summed E-state index contributed by atoms with van der Waals surface area (Å²) in [6.45, 7) is 0. The highest BCUT2D eigenvalue weighted by atomic mass is 15.0. The zero-order valence-electron chi connectivity index (χ0n) is 26.0. The predicted molar refractivity (Wildman–Crippen MR) is 197 cm³/mol. The Bertz CT molecular complexity index is 2560. The Balaban J connectivity index is 1.18. The topological polar surface area (TPSA) is 51.6 Å². The number of nitrogens with zero attached hydrogens (tertiary/aromatic N) is 4. The second kappa shape index (κ2) is 11.7. The molecular formula is C44H28N4. The Morgan fingerprint density at radius 3 is 1.33 bits per heavy atom. The Morgan fingerprint density at radius 1 is 0.271 bits per heavy atom. The molecule has 0 bridgehead atoms. The van der Waals surface area contributed by atoms with Crippen molar-refractivity contribution in [3.63, 3.8) is 0 Å². The Morgan fingerprint density at radius 2 is 0.729 bits per heavy atom. The van der Waals surface area contributed by atoms with Gasteiger partial charge in [0.15, 0.2) is 17.5 Å². The van der Waals surface area contributed by atoms with Crippen molar-refractivity contribution in [3.05, 3.63) is 170 Å². The molecule has 2 aromatic heterocycles. The van der Waals surface area contributed by atoms with Gasteiger partial charge in [0.05, 0.1) is 5.69 Å². The maximum absolute atomic E-state index is 5.10. The highest BCUT2D eigenvalue weighted by Gasteiger charge is 2.15. The van der Waals surface area contributed by atoms with Gasteiger partial charge in [-0.05, 0) is 56.1 Å². The van der Waals surface area contributed by atoms with Gasteiger partial charge in [0.25, 0.3) is 0 Å². The van der Waals surface area contributed by atoms with Crippen LogP contribution in [-0.4, -0.2) is 19.9 Å². The highest BCUT2D eigenvalue weighted by Crippen LogP contribution is 2.37. The van der Waals surface area contributed by atoms with Crippen molar-refractivity contribution in [3.8, 4) is 56.5 Å². The largest absolute Gasteiger partial charge is 0.256 e. The molecule has 4 heteroatoms. The van der Waals surface area contributed by atoms with Crippen molar-refractivity contribution in [1.82, 2.24) is 19.9 Å². The summed E-state index contributed by atoms with van der Waals surface area (Å²) in [5, 5.41) is 7.34. The van der Waals surface area contributed by atoms with Crippen LogP contribution in [0.5, 0.6) is 0 Å². The number of aromatic nitrogens is 4. The first-order valence-electron chi connectivity index (χ1n) is 16.1. The lowest BCUT2D eigenvalue weighted by atomic mass is 9.93. The van der Waals surface area contributed by atoms with E-state index in [-0.39, 0.29) is 0 Å². The fourth-order valence-corrected chi connectivity index (χ4v) is 6.58. The summed E-state index contributed by atoms with van der Waals surface area (Å²) in [5.74, 6) is 1.90. The van der Waals surface area contributed by atoms with E-state index in [0.29, 0.717) is 17.5 Å². The van der Waals surface area contributed by atoms with Crippen LogP contribution < -0.4 is 0 Å². The second-order valence-electron chi connectivity index (χ2n) is 11.9. The van der Waals surface area contributed by atoms with Crippen LogP contribution in [0.1, 0.15) is 0 Å². The zero-order chi connectivity index (χ0) is 31.9. The fourth-order valence-electron chi connectivity index (χ4n) is 6.58. The molecule has 48 heavy (non-hydrogen) atoms. The van der Waals surface area contributed by atoms with E-state index in [4.69, 9.17) is 19.9 Å². The molecule has 0 amide bonds. The van der Waals surface area contributed by atoms with Crippen LogP contribution in [0.25, 0.3) is 88.9 Å². The van der Waals surface area contributed by atoms with Crippen molar-refractivity contribution in [1.29, 1.82) is 0 Å². The third-order valence-corrected chi connectivity index (χ3v) is 8.96. The quantitative estimate of drug-likeness (QED) is 0.181. The third-order valence-electron chi connectivity index (χ3n) is 8.96. The smallest absolute Gasteiger partial charge is 0.164 e. The second-order valence-corrected chi connectivity index (χ2v) is 11.9. The van der Waals surface area contributed by atoms with Crippen LogP contribution in [0.4, 0.5) is 0 Å². The number of benzene rings is 7. The van der Waals surface area contributed by atoms with Gasteiger partial charge < -0.3 is 0 Å². The van der Waals surface area contributed by atoms with Crippen molar-refractivity contribution in [2.45, 2.75) is 0 Å². The van der Waals surface area contributed by atoms with Gasteiger partial charge in [-0.1, -0.05) is 146 Å². The molecule has 0 aliphatic rings. The van der Waals surface area contributed by atoms with Crippen LogP contribution in [0.15, 0.2) is 170 Å². The van der Waals surface area contributed by atoms with E-state index >= 15 is 0 Å². The van der Waals surface area contributed by atoms with E-state index in [1.165, 1.54) is 32.3 Å². The van der Waals surface area contributed by atoms with Gasteiger partial charge in [-0.2, -0.15) is 0 Å². The first kappa shape index (κ1) is 27.8. The minimum absolute atomic E-state index is 0.623. The van der Waals surface area contributed by atoms with E-state index in [1.54, 1.807) is 0 Å². The molecule has 0 aliphatic heterocycles. The van der Waals surface area contributed by atoms with E-state index in [1.807, 2.05) is 54.7 Å². The SMILES string of the molecule is c1ccc(-c2ccc(-c3cccc(-c4nc(-c5ccccc5)nc(-c5ccc6c7ccccc7c7ccccc7c6c5)n4)c3)cn2)cc1. The molecule has 7 aromatic carbocycles. The minimum atomic E-state index is 0.623. The summed E-state index contributed by atoms with van der Waals surface area (Å²) in [5.41, 5.74) is 6.92. The molecule has 0 atom stereocenters. The summed E-state index contributed by atoms with van der Waals surface area (Å²) in [6, 6.07) is 56.7. The van der Waals surface area contributed by atoms with Crippen LogP contribution in [-0.2, 0) is 0 Å². The lowest BCUT2D eigenvalue weighted by Gasteiger charge is -2.13. The zero-order valence-corrected chi connectivity index (χ0v) is 26.0. The van der Waals surface area contributed by atoms with E-state index in [2.05, 4.69) is 115 Å². The third kappa shape index (κ3) is 4.97. The summed E-state index contributed by atoms with van der Waals surface area (Å²) in [6.07, 6.45) is 1.93. The Kier molecular flexibility index (Phi) is 6.76. The van der Waals surface area contributed by atoms with E-state index < -0.39 is 0 Å². The van der Waals surface area contributed by atoms with Gasteiger partial charge in [0.1, 0.15) is 0 Å². The monoisotopic (exact) mass is 612 g/mol. The normalized spacial score (nSPS) is 11.3. The van der Waals surface area contributed by atoms with Crippen molar-refractivity contribution in [2.75, 3.05) is 0 Å². The molecule has 0 N–H and O–H groups in total. The van der Waals surface area contributed by atoms with Crippen molar-refractivity contribution >= 4 is 32.3 Å². The van der Waals surface area contributed by atoms with Crippen molar-refractivity contribution in [2.24, 2.45) is 0 Å². The highest BCUT2D eigenvalue weighted by molar-refractivity contribution is 6.25. The number of rotatable bonds is 5. The molecule has 0 aliphatic carbocycles. The number of fused-ring (bicyclic) bond motifs is 6. The first-order chi connectivity index (χ1) is 23.8. The molecule has 224 valence electrons. The van der Waals surface area contributed by atoms with Crippen LogP contribution in [0.2, 0.25) is 0 Å². The van der Waals surface area contributed by atoms with Gasteiger partial charge in [0.2, 0.25) is 0 Å². The van der Waals surface area contributed by atoms with E-state index in [0.717, 1.165) is 39.1 Å². The average Bonchev–Trinajstić information content (AvgIpc) is 3.18. The molecule has 0 radical (unpaired) electrons. The van der Waals surface area contributed by atoms with Crippen LogP contribution >= 0.6 is 0 Å². The minimum Gasteiger partial charge on any atom is -0.256 e. The van der Waals surface area contributed by atoms with Crippen LogP contribution in [0, 0.1) is 0 Å². The Labute approximate surface area is 278 Å². The summed E-state index contributed by atoms with van der Waals surface area (Å²) in [4.78, 5) is 19.9. The number of hydrogen-bond acceptors (Lipinski definition) is 4. The van der Waals surface area contributed by atoms with Gasteiger partial charge in [-0.3, -0.25) is 4.98 Å². The molecule has 9 rings (SSSR count). The average molecular weight is 613 g/mol. The standard InChI is InChI=1S/C44H28N4/c1-3-12-29(13-4-1)41-25-23-34(28-45-41)31-16-11-17-32(26-31)43-46-42(30-14-5-2-6-15-30)47-44(48-43)33-22-24-39-37-20-8-7-18-35(37)36-19-9-10-21-38(36)40(39)27-33/h1-28H. The lowest BCUT2D eigenvalue weighted by molar-refractivity contribution is 1.07. The van der Waals surface area contributed by atoms with Crippen molar-refractivity contribution < 1.29 is 0 Å². The van der Waals surface area contributed by atoms with Crippen LogP contribution in [0.3, 0.4) is 0 Å². The van der Waals surface area contributed by atoms with Gasteiger partial charge >= 0.3 is 0 Å². The molecular weight excluding hydrogens is 585 g/mol. The lowest BCUT2D eigenvalue weighted by Crippen LogP contribution is -2.00. The molecule has 0 fully saturated rings. The molecule has 2 heterocycles. The molecule has 0 unspecified atom stereocenters. The van der Waals surface area contributed by atoms with Gasteiger partial charge in [0, 0.05) is 34.0 Å². The first-order valence-corrected chi connectivity index (χ1v) is 16.1. The van der Waals surface area contributed by atoms with Gasteiger partial charge in [-0.25, -0.2) is 15.0 Å².